The lowest BCUT2D eigenvalue weighted by Gasteiger charge is -2.21. The number of carbonyl (C=O) groups is 2. The molecule has 0 saturated carbocycles. The van der Waals surface area contributed by atoms with Crippen LogP contribution in [-0.4, -0.2) is 28.4 Å². The molecule has 0 fully saturated rings. The molecule has 0 spiro atoms. The molecule has 6 aromatic rings. The second-order valence-electron chi connectivity index (χ2n) is 12.8. The van der Waals surface area contributed by atoms with Gasteiger partial charge >= 0.3 is 0 Å². The van der Waals surface area contributed by atoms with E-state index in [0.29, 0.717) is 4.90 Å². The summed E-state index contributed by atoms with van der Waals surface area (Å²) in [6.07, 6.45) is 0. The van der Waals surface area contributed by atoms with E-state index in [9.17, 15) is 26.4 Å². The number of carbonyl (C=O) groups excluding carboxylic acids is 2. The Hall–Kier alpha value is -3.87. The Morgan fingerprint density at radius 1 is 0.509 bits per heavy atom. The number of hydrogen-bond donors (Lipinski definition) is 1. The van der Waals surface area contributed by atoms with Crippen LogP contribution >= 0.6 is 59.2 Å². The van der Waals surface area contributed by atoms with Gasteiger partial charge in [0.15, 0.2) is 11.6 Å². The van der Waals surface area contributed by atoms with E-state index in [1.807, 2.05) is 32.0 Å². The Morgan fingerprint density at radius 3 is 1.47 bits per heavy atom. The van der Waals surface area contributed by atoms with Crippen molar-refractivity contribution in [3.8, 4) is 0 Å². The van der Waals surface area contributed by atoms with Crippen LogP contribution in [0.25, 0.3) is 0 Å². The smallest absolute Gasteiger partial charge is 0.209 e. The highest BCUT2D eigenvalue weighted by atomic mass is 35.5. The Kier molecular flexibility index (Phi) is 11.8. The fraction of sp³-hybridized carbons (Fsp3) is 0.0952. The summed E-state index contributed by atoms with van der Waals surface area (Å²) in [6, 6.07) is 30.6. The van der Waals surface area contributed by atoms with Gasteiger partial charge in [-0.2, -0.15) is 0 Å². The predicted octanol–water partition coefficient (Wildman–Crippen LogP) is 11.4. The number of halogens is 3. The van der Waals surface area contributed by atoms with Crippen LogP contribution in [0.3, 0.4) is 0 Å². The second kappa shape index (κ2) is 15.9. The molecule has 0 saturated heterocycles. The van der Waals surface area contributed by atoms with Crippen LogP contribution in [0.1, 0.15) is 54.1 Å². The van der Waals surface area contributed by atoms with E-state index < -0.39 is 19.7 Å². The average Bonchev–Trinajstić information content (AvgIpc) is 3.15. The summed E-state index contributed by atoms with van der Waals surface area (Å²) in [5.74, 6) is -0.681. The van der Waals surface area contributed by atoms with Crippen molar-refractivity contribution in [2.45, 2.75) is 62.0 Å². The number of aryl methyl sites for hydroxylation is 4. The molecule has 0 aliphatic carbocycles. The highest BCUT2D eigenvalue weighted by Gasteiger charge is 2.38. The molecule has 0 amide bonds. The highest BCUT2D eigenvalue weighted by Crippen LogP contribution is 2.45. The number of hydrogen-bond acceptors (Lipinski definition) is 8. The number of sulfone groups is 2. The van der Waals surface area contributed by atoms with E-state index in [-0.39, 0.29) is 68.5 Å². The van der Waals surface area contributed by atoms with Crippen LogP contribution in [0.4, 0.5) is 0 Å². The number of fused-ring (bicyclic) bond motifs is 4. The summed E-state index contributed by atoms with van der Waals surface area (Å²) in [5, 5.41) is 0.0959. The Labute approximate surface area is 345 Å². The van der Waals surface area contributed by atoms with Crippen molar-refractivity contribution in [1.82, 2.24) is 0 Å². The molecule has 0 unspecified atom stereocenters. The van der Waals surface area contributed by atoms with Gasteiger partial charge in [-0.15, -0.1) is 12.6 Å². The van der Waals surface area contributed by atoms with E-state index in [1.165, 1.54) is 59.3 Å². The van der Waals surface area contributed by atoms with Crippen LogP contribution in [-0.2, 0) is 19.7 Å². The fourth-order valence-corrected chi connectivity index (χ4v) is 12.0. The van der Waals surface area contributed by atoms with Gasteiger partial charge in [-0.1, -0.05) is 106 Å². The molecule has 6 aromatic carbocycles. The first-order valence-electron chi connectivity index (χ1n) is 16.5. The van der Waals surface area contributed by atoms with E-state index in [2.05, 4.69) is 44.7 Å². The zero-order valence-corrected chi connectivity index (χ0v) is 35.3. The fourth-order valence-electron chi connectivity index (χ4n) is 6.16. The molecule has 0 N–H and O–H groups in total. The molecule has 280 valence electrons. The molecule has 0 aromatic heterocycles. The van der Waals surface area contributed by atoms with Gasteiger partial charge in [0.05, 0.1) is 24.9 Å². The third-order valence-electron chi connectivity index (χ3n) is 8.88. The first-order valence-corrected chi connectivity index (χ1v) is 21.9. The molecule has 2 heterocycles. The van der Waals surface area contributed by atoms with Gasteiger partial charge in [-0.25, -0.2) is 16.8 Å². The van der Waals surface area contributed by atoms with Crippen LogP contribution < -0.4 is 0 Å². The average molecular weight is 866 g/mol. The third-order valence-corrected chi connectivity index (χ3v) is 15.9. The minimum Gasteiger partial charge on any atom is -0.289 e. The molecule has 0 atom stereocenters. The Balaban J connectivity index is 0.000000159. The largest absolute Gasteiger partial charge is 0.289 e. The lowest BCUT2D eigenvalue weighted by atomic mass is 10.0. The van der Waals surface area contributed by atoms with Crippen LogP contribution in [0, 0.1) is 27.7 Å². The van der Waals surface area contributed by atoms with Crippen LogP contribution in [0.5, 0.6) is 0 Å². The van der Waals surface area contributed by atoms with Crippen molar-refractivity contribution in [2.24, 2.45) is 0 Å². The minimum atomic E-state index is -3.86. The zero-order chi connectivity index (χ0) is 40.0. The number of rotatable bonds is 2. The first kappa shape index (κ1) is 40.8. The van der Waals surface area contributed by atoms with Gasteiger partial charge < -0.3 is 0 Å². The summed E-state index contributed by atoms with van der Waals surface area (Å²) in [6.45, 7) is 8.16. The number of benzene rings is 6. The summed E-state index contributed by atoms with van der Waals surface area (Å²) in [5.41, 5.74) is 5.32. The maximum absolute atomic E-state index is 13.1. The monoisotopic (exact) mass is 864 g/mol. The van der Waals surface area contributed by atoms with E-state index in [1.54, 1.807) is 36.4 Å². The Bertz CT molecular complexity index is 2800. The van der Waals surface area contributed by atoms with Crippen molar-refractivity contribution < 1.29 is 26.4 Å². The maximum atomic E-state index is 13.1. The summed E-state index contributed by atoms with van der Waals surface area (Å²) >= 11 is 24.0. The normalized spacial score (nSPS) is 14.2. The lowest BCUT2D eigenvalue weighted by Crippen LogP contribution is -2.20. The van der Waals surface area contributed by atoms with Crippen molar-refractivity contribution in [1.29, 1.82) is 0 Å². The molecule has 8 rings (SSSR count). The summed E-state index contributed by atoms with van der Waals surface area (Å²) < 4.78 is 51.3. The lowest BCUT2D eigenvalue weighted by molar-refractivity contribution is 0.102. The van der Waals surface area contributed by atoms with E-state index >= 15 is 0 Å². The molecule has 55 heavy (non-hydrogen) atoms. The van der Waals surface area contributed by atoms with Gasteiger partial charge in [-0.05, 0) is 99.5 Å². The molecule has 0 radical (unpaired) electrons. The van der Waals surface area contributed by atoms with Gasteiger partial charge in [0, 0.05) is 36.9 Å². The standard InChI is InChI=1S/C21H15ClO3S2.C13H6Cl2O3S.C8H10S/c1-12-7-9-16(13(2)11-12)26-17-10-8-15-20(23)14-5-3-4-6-18(14)27(24,25)21(15)19(17)22;14-9-6-5-8-12(16)7-3-1-2-4-10(7)19(17,18)13(8)11(9)15;1-6-3-4-8(9)7(2)5-6/h3-11H,1-2H3;1-6H;3-5,9H,1-2H3. The van der Waals surface area contributed by atoms with Crippen LogP contribution in [0.15, 0.2) is 143 Å². The first-order chi connectivity index (χ1) is 25.9. The Morgan fingerprint density at radius 2 is 0.964 bits per heavy atom. The predicted molar refractivity (Wildman–Crippen MR) is 222 cm³/mol. The van der Waals surface area contributed by atoms with Gasteiger partial charge in [0.25, 0.3) is 0 Å². The molecule has 0 bridgehead atoms. The van der Waals surface area contributed by atoms with Gasteiger partial charge in [-0.3, -0.25) is 9.59 Å². The SMILES string of the molecule is Cc1ccc(S)c(C)c1.Cc1ccc(Sc2ccc3c(c2Cl)S(=O)(=O)c2ccccc2C3=O)c(C)c1.O=C1c2ccccc2S(=O)(=O)c2c1ccc(Cl)c2Cl. The van der Waals surface area contributed by atoms with E-state index in [4.69, 9.17) is 34.8 Å². The summed E-state index contributed by atoms with van der Waals surface area (Å²) in [4.78, 5) is 27.4. The number of ketones is 2. The van der Waals surface area contributed by atoms with Crippen molar-refractivity contribution in [2.75, 3.05) is 0 Å². The molecule has 2 aliphatic rings. The zero-order valence-electron chi connectivity index (χ0n) is 29.6. The molecule has 6 nitrogen and oxygen atoms in total. The minimum absolute atomic E-state index is 0.0121. The molecule has 2 aliphatic heterocycles. The topological polar surface area (TPSA) is 102 Å². The molecule has 13 heteroatoms. The van der Waals surface area contributed by atoms with Crippen molar-refractivity contribution in [3.05, 3.63) is 169 Å². The van der Waals surface area contributed by atoms with Crippen molar-refractivity contribution >= 4 is 90.4 Å². The van der Waals surface area contributed by atoms with Gasteiger partial charge in [0.1, 0.15) is 9.79 Å². The maximum Gasteiger partial charge on any atom is 0.209 e. The molecular weight excluding hydrogens is 835 g/mol. The second-order valence-corrected chi connectivity index (χ2v) is 19.2. The molecular formula is C42H31Cl3O6S4. The number of thiol groups is 1. The van der Waals surface area contributed by atoms with Crippen molar-refractivity contribution in [3.63, 3.8) is 0 Å². The highest BCUT2D eigenvalue weighted by molar-refractivity contribution is 7.99. The van der Waals surface area contributed by atoms with E-state index in [0.717, 1.165) is 20.9 Å². The third kappa shape index (κ3) is 7.79. The van der Waals surface area contributed by atoms with Gasteiger partial charge in [0.2, 0.25) is 19.7 Å². The quantitative estimate of drug-likeness (QED) is 0.173. The summed E-state index contributed by atoms with van der Waals surface area (Å²) in [7, 11) is -7.69. The van der Waals surface area contributed by atoms with Crippen LogP contribution in [0.2, 0.25) is 15.1 Å².